The van der Waals surface area contributed by atoms with Gasteiger partial charge in [0, 0.05) is 37.1 Å². The lowest BCUT2D eigenvalue weighted by atomic mass is 10.0. The van der Waals surface area contributed by atoms with Crippen LogP contribution in [0.4, 0.5) is 0 Å². The van der Waals surface area contributed by atoms with Crippen molar-refractivity contribution in [3.8, 4) is 11.5 Å². The minimum absolute atomic E-state index is 0.0450. The van der Waals surface area contributed by atoms with Crippen LogP contribution in [0.15, 0.2) is 71.8 Å². The predicted octanol–water partition coefficient (Wildman–Crippen LogP) is 4.18. The largest absolute Gasteiger partial charge is 0.490 e. The average Bonchev–Trinajstić information content (AvgIpc) is 3.24. The normalized spacial score (nSPS) is 14.3. The number of fused-ring (bicyclic) bond motifs is 1. The lowest BCUT2D eigenvalue weighted by molar-refractivity contribution is 0.0694. The van der Waals surface area contributed by atoms with E-state index in [1.54, 1.807) is 30.6 Å². The molecule has 4 aromatic rings. The molecule has 2 aromatic heterocycles. The van der Waals surface area contributed by atoms with E-state index in [-0.39, 0.29) is 17.6 Å². The number of hydrogen-bond donors (Lipinski definition) is 1. The number of nitrogens with zero attached hydrogens (tertiary/aromatic N) is 3. The van der Waals surface area contributed by atoms with E-state index in [4.69, 9.17) is 9.47 Å². The van der Waals surface area contributed by atoms with E-state index in [1.165, 1.54) is 0 Å². The zero-order chi connectivity index (χ0) is 24.2. The van der Waals surface area contributed by atoms with E-state index in [2.05, 4.69) is 9.97 Å². The van der Waals surface area contributed by atoms with Crippen LogP contribution < -0.4 is 15.2 Å². The van der Waals surface area contributed by atoms with Crippen LogP contribution in [0, 0.1) is 0 Å². The third-order valence-corrected chi connectivity index (χ3v) is 6.38. The molecule has 1 saturated heterocycles. The van der Waals surface area contributed by atoms with Crippen LogP contribution in [0.2, 0.25) is 0 Å². The van der Waals surface area contributed by atoms with Crippen LogP contribution in [-0.2, 0) is 6.61 Å². The summed E-state index contributed by atoms with van der Waals surface area (Å²) < 4.78 is 13.6. The monoisotopic (exact) mass is 472 g/mol. The van der Waals surface area contributed by atoms with Gasteiger partial charge in [0.25, 0.3) is 5.91 Å². The van der Waals surface area contributed by atoms with E-state index in [0.717, 1.165) is 29.4 Å². The highest BCUT2D eigenvalue weighted by atomic mass is 16.5. The van der Waals surface area contributed by atoms with E-state index < -0.39 is 0 Å². The fourth-order valence-corrected chi connectivity index (χ4v) is 4.62. The molecule has 180 valence electrons. The Labute approximate surface area is 203 Å². The molecular weight excluding hydrogens is 444 g/mol. The molecule has 1 aliphatic rings. The maximum Gasteiger partial charge on any atom is 0.326 e. The van der Waals surface area contributed by atoms with Crippen molar-refractivity contribution >= 4 is 16.9 Å². The van der Waals surface area contributed by atoms with Crippen molar-refractivity contribution in [2.75, 3.05) is 19.7 Å². The van der Waals surface area contributed by atoms with Crippen LogP contribution in [0.3, 0.4) is 0 Å². The van der Waals surface area contributed by atoms with Gasteiger partial charge in [-0.15, -0.1) is 0 Å². The first-order valence-electron chi connectivity index (χ1n) is 11.9. The van der Waals surface area contributed by atoms with Gasteiger partial charge < -0.3 is 19.4 Å². The zero-order valence-corrected chi connectivity index (χ0v) is 19.6. The van der Waals surface area contributed by atoms with Gasteiger partial charge in [-0.3, -0.25) is 14.3 Å². The molecule has 2 aromatic carbocycles. The number of carbonyl (C=O) groups excluding carboxylic acids is 1. The van der Waals surface area contributed by atoms with Gasteiger partial charge in [0.15, 0.2) is 11.5 Å². The number of rotatable bonds is 7. The van der Waals surface area contributed by atoms with E-state index in [0.29, 0.717) is 43.4 Å². The Bertz CT molecular complexity index is 1370. The van der Waals surface area contributed by atoms with Gasteiger partial charge in [-0.05, 0) is 67.8 Å². The van der Waals surface area contributed by atoms with E-state index in [9.17, 15) is 9.59 Å². The predicted molar refractivity (Wildman–Crippen MR) is 133 cm³/mol. The molecule has 5 rings (SSSR count). The Kier molecular flexibility index (Phi) is 6.52. The molecule has 1 fully saturated rings. The lowest BCUT2D eigenvalue weighted by Crippen LogP contribution is -2.40. The van der Waals surface area contributed by atoms with Crippen LogP contribution in [0.1, 0.15) is 41.7 Å². The van der Waals surface area contributed by atoms with Crippen molar-refractivity contribution in [3.05, 3.63) is 88.6 Å². The summed E-state index contributed by atoms with van der Waals surface area (Å²) in [6.07, 6.45) is 4.89. The van der Waals surface area contributed by atoms with Gasteiger partial charge in [-0.25, -0.2) is 4.79 Å². The molecule has 1 aliphatic heterocycles. The summed E-state index contributed by atoms with van der Waals surface area (Å²) in [7, 11) is 0. The van der Waals surface area contributed by atoms with Crippen molar-refractivity contribution < 1.29 is 14.3 Å². The molecule has 35 heavy (non-hydrogen) atoms. The zero-order valence-electron chi connectivity index (χ0n) is 19.6. The quantitative estimate of drug-likeness (QED) is 0.436. The van der Waals surface area contributed by atoms with Crippen LogP contribution in [-0.4, -0.2) is 45.0 Å². The molecule has 8 nitrogen and oxygen atoms in total. The van der Waals surface area contributed by atoms with Crippen molar-refractivity contribution in [1.29, 1.82) is 0 Å². The molecule has 3 heterocycles. The van der Waals surface area contributed by atoms with Crippen LogP contribution in [0.25, 0.3) is 11.0 Å². The number of benzene rings is 2. The van der Waals surface area contributed by atoms with E-state index >= 15 is 0 Å². The summed E-state index contributed by atoms with van der Waals surface area (Å²) in [6.45, 7) is 3.92. The van der Waals surface area contributed by atoms with Gasteiger partial charge in [0.2, 0.25) is 0 Å². The third-order valence-electron chi connectivity index (χ3n) is 6.38. The molecule has 0 spiro atoms. The van der Waals surface area contributed by atoms with Crippen molar-refractivity contribution in [1.82, 2.24) is 19.4 Å². The summed E-state index contributed by atoms with van der Waals surface area (Å²) >= 11 is 0. The minimum Gasteiger partial charge on any atom is -0.490 e. The second kappa shape index (κ2) is 10.0. The number of aromatic nitrogens is 3. The molecule has 8 heteroatoms. The summed E-state index contributed by atoms with van der Waals surface area (Å²) in [4.78, 5) is 34.6. The number of ether oxygens (including phenoxy) is 2. The number of imidazole rings is 1. The number of piperidine rings is 1. The number of nitrogens with one attached hydrogen (secondary N) is 1. The fraction of sp³-hybridized carbons (Fsp3) is 0.296. The molecule has 0 unspecified atom stereocenters. The van der Waals surface area contributed by atoms with Crippen molar-refractivity contribution in [2.45, 2.75) is 32.4 Å². The maximum absolute atomic E-state index is 13.3. The van der Waals surface area contributed by atoms with Crippen molar-refractivity contribution in [3.63, 3.8) is 0 Å². The highest BCUT2D eigenvalue weighted by molar-refractivity contribution is 5.95. The highest BCUT2D eigenvalue weighted by Gasteiger charge is 2.27. The van der Waals surface area contributed by atoms with Gasteiger partial charge in [-0.2, -0.15) is 0 Å². The number of hydrogen-bond acceptors (Lipinski definition) is 5. The topological polar surface area (TPSA) is 89.5 Å². The Morgan fingerprint density at radius 1 is 1.03 bits per heavy atom. The molecule has 0 atom stereocenters. The second-order valence-electron chi connectivity index (χ2n) is 8.58. The first kappa shape index (κ1) is 22.7. The van der Waals surface area contributed by atoms with Crippen molar-refractivity contribution in [2.24, 2.45) is 0 Å². The highest BCUT2D eigenvalue weighted by Crippen LogP contribution is 2.31. The van der Waals surface area contributed by atoms with Gasteiger partial charge >= 0.3 is 5.69 Å². The lowest BCUT2D eigenvalue weighted by Gasteiger charge is -2.32. The summed E-state index contributed by atoms with van der Waals surface area (Å²) in [5.41, 5.74) is 3.21. The molecule has 1 N–H and O–H groups in total. The number of carbonyl (C=O) groups is 1. The van der Waals surface area contributed by atoms with Gasteiger partial charge in [0.05, 0.1) is 17.6 Å². The number of aromatic amines is 1. The number of H-pyrrole nitrogens is 1. The Balaban J connectivity index is 1.27. The minimum atomic E-state index is -0.0975. The summed E-state index contributed by atoms with van der Waals surface area (Å²) in [6, 6.07) is 16.9. The molecule has 1 amide bonds. The Morgan fingerprint density at radius 3 is 2.57 bits per heavy atom. The van der Waals surface area contributed by atoms with Crippen LogP contribution >= 0.6 is 0 Å². The summed E-state index contributed by atoms with van der Waals surface area (Å²) in [5.74, 6) is 1.10. The second-order valence-corrected chi connectivity index (χ2v) is 8.58. The summed E-state index contributed by atoms with van der Waals surface area (Å²) in [5, 5.41) is 0. The maximum atomic E-state index is 13.3. The number of likely N-dealkylation sites (tertiary alicyclic amines) is 1. The number of para-hydroxylation sites is 2. The fourth-order valence-electron chi connectivity index (χ4n) is 4.62. The average molecular weight is 473 g/mol. The number of pyridine rings is 1. The first-order chi connectivity index (χ1) is 17.1. The third kappa shape index (κ3) is 4.77. The molecular formula is C27H28N4O4. The SMILES string of the molecule is CCOc1cc(C(=O)N2CCC(n3c(=O)[nH]c4ccccc43)CC2)ccc1OCc1ccncc1. The molecule has 0 saturated carbocycles. The van der Waals surface area contributed by atoms with E-state index in [1.807, 2.05) is 52.8 Å². The first-order valence-corrected chi connectivity index (χ1v) is 11.9. The number of amides is 1. The van der Waals surface area contributed by atoms with Gasteiger partial charge in [-0.1, -0.05) is 12.1 Å². The smallest absolute Gasteiger partial charge is 0.326 e. The Morgan fingerprint density at radius 2 is 1.80 bits per heavy atom. The molecule has 0 aliphatic carbocycles. The Hall–Kier alpha value is -4.07. The molecule has 0 radical (unpaired) electrons. The molecule has 0 bridgehead atoms. The standard InChI is InChI=1S/C27H28N4O4/c1-2-34-25-17-20(7-8-24(25)35-18-19-9-13-28-14-10-19)26(32)30-15-11-21(12-16-30)31-23-6-4-3-5-22(23)29-27(31)33/h3-10,13-14,17,21H,2,11-12,15-16,18H2,1H3,(H,29,33). The van der Waals surface area contributed by atoms with Gasteiger partial charge in [0.1, 0.15) is 6.61 Å². The van der Waals surface area contributed by atoms with Crippen LogP contribution in [0.5, 0.6) is 11.5 Å².